The van der Waals surface area contributed by atoms with Gasteiger partial charge in [-0.15, -0.1) is 0 Å². The Balaban J connectivity index is 2.51. The third-order valence-electron chi connectivity index (χ3n) is 2.66. The molecule has 0 aliphatic carbocycles. The molecule has 0 spiro atoms. The maximum Gasteiger partial charge on any atom is 0.107 e. The number of aromatic amines is 1. The van der Waals surface area contributed by atoms with Crippen molar-refractivity contribution in [2.75, 3.05) is 13.6 Å². The van der Waals surface area contributed by atoms with Crippen molar-refractivity contribution in [1.29, 1.82) is 0 Å². The molecular weight excluding hydrogens is 218 g/mol. The molecule has 0 saturated carbocycles. The van der Waals surface area contributed by atoms with Gasteiger partial charge in [0.2, 0.25) is 0 Å². The van der Waals surface area contributed by atoms with E-state index < -0.39 is 0 Å². The van der Waals surface area contributed by atoms with Crippen LogP contribution >= 0.6 is 11.9 Å². The largest absolute Gasteiger partial charge is 0.282 e. The minimum absolute atomic E-state index is 1.02. The number of aromatic nitrogens is 2. The van der Waals surface area contributed by atoms with Gasteiger partial charge in [-0.1, -0.05) is 6.92 Å². The van der Waals surface area contributed by atoms with Gasteiger partial charge in [-0.2, -0.15) is 5.10 Å². The van der Waals surface area contributed by atoms with E-state index in [9.17, 15) is 0 Å². The third kappa shape index (κ3) is 2.08. The van der Waals surface area contributed by atoms with Gasteiger partial charge >= 0.3 is 0 Å². The summed E-state index contributed by atoms with van der Waals surface area (Å²) in [5, 5.41) is 8.66. The second-order valence-corrected chi connectivity index (χ2v) is 5.29. The van der Waals surface area contributed by atoms with E-state index in [0.29, 0.717) is 0 Å². The van der Waals surface area contributed by atoms with Crippen LogP contribution in [-0.4, -0.2) is 28.1 Å². The lowest BCUT2D eigenvalue weighted by Gasteiger charge is -2.13. The molecule has 0 aliphatic heterocycles. The molecule has 0 radical (unpaired) electrons. The van der Waals surface area contributed by atoms with E-state index in [0.717, 1.165) is 17.8 Å². The number of nitrogens with one attached hydrogen (secondary N) is 1. The van der Waals surface area contributed by atoms with Gasteiger partial charge in [0.1, 0.15) is 5.52 Å². The summed E-state index contributed by atoms with van der Waals surface area (Å²) < 4.78 is 2.21. The Morgan fingerprint density at radius 3 is 2.81 bits per heavy atom. The summed E-state index contributed by atoms with van der Waals surface area (Å²) >= 11 is 1.75. The van der Waals surface area contributed by atoms with Crippen LogP contribution in [0.2, 0.25) is 0 Å². The Labute approximate surface area is 100 Å². The van der Waals surface area contributed by atoms with Gasteiger partial charge in [0, 0.05) is 17.6 Å². The normalized spacial score (nSPS) is 11.6. The highest BCUT2D eigenvalue weighted by Gasteiger charge is 2.10. The van der Waals surface area contributed by atoms with Crippen LogP contribution in [0.1, 0.15) is 18.2 Å². The number of hydrogen-bond donors (Lipinski definition) is 1. The van der Waals surface area contributed by atoms with Gasteiger partial charge in [-0.3, -0.25) is 5.10 Å². The molecule has 0 amide bonds. The van der Waals surface area contributed by atoms with Gasteiger partial charge in [-0.05, 0) is 50.5 Å². The second-order valence-electron chi connectivity index (χ2n) is 4.04. The molecule has 1 aromatic carbocycles. The summed E-state index contributed by atoms with van der Waals surface area (Å²) in [7, 11) is 2.10. The first-order chi connectivity index (χ1) is 7.61. The van der Waals surface area contributed by atoms with Crippen LogP contribution in [0.3, 0.4) is 0 Å². The lowest BCUT2D eigenvalue weighted by Crippen LogP contribution is -2.06. The van der Waals surface area contributed by atoms with Crippen molar-refractivity contribution >= 4 is 22.9 Å². The van der Waals surface area contributed by atoms with Crippen LogP contribution in [0, 0.1) is 13.8 Å². The van der Waals surface area contributed by atoms with Crippen molar-refractivity contribution < 1.29 is 0 Å². The zero-order valence-electron chi connectivity index (χ0n) is 10.2. The number of H-pyrrole nitrogens is 1. The SMILES string of the molecule is CCN(C)Sc1cc(C)cc2c(C)[nH]nc12. The average molecular weight is 235 g/mol. The molecular formula is C12H17N3S. The lowest BCUT2D eigenvalue weighted by atomic mass is 10.1. The first kappa shape index (κ1) is 11.5. The van der Waals surface area contributed by atoms with E-state index in [1.165, 1.54) is 15.8 Å². The molecule has 2 aromatic rings. The average Bonchev–Trinajstić information content (AvgIpc) is 2.60. The number of hydrogen-bond acceptors (Lipinski definition) is 3. The first-order valence-electron chi connectivity index (χ1n) is 5.46. The summed E-state index contributed by atoms with van der Waals surface area (Å²) in [6.07, 6.45) is 0. The molecule has 1 heterocycles. The monoisotopic (exact) mass is 235 g/mol. The molecule has 0 aliphatic rings. The lowest BCUT2D eigenvalue weighted by molar-refractivity contribution is 0.602. The molecule has 0 unspecified atom stereocenters. The summed E-state index contributed by atoms with van der Waals surface area (Å²) in [6, 6.07) is 4.38. The first-order valence-corrected chi connectivity index (χ1v) is 6.23. The number of benzene rings is 1. The number of fused-ring (bicyclic) bond motifs is 1. The van der Waals surface area contributed by atoms with E-state index in [-0.39, 0.29) is 0 Å². The van der Waals surface area contributed by atoms with Gasteiger partial charge in [0.25, 0.3) is 0 Å². The third-order valence-corrected chi connectivity index (χ3v) is 3.74. The minimum Gasteiger partial charge on any atom is -0.282 e. The fourth-order valence-electron chi connectivity index (χ4n) is 1.65. The predicted octanol–water partition coefficient (Wildman–Crippen LogP) is 3.14. The quantitative estimate of drug-likeness (QED) is 0.829. The van der Waals surface area contributed by atoms with E-state index in [4.69, 9.17) is 0 Å². The highest BCUT2D eigenvalue weighted by molar-refractivity contribution is 7.97. The highest BCUT2D eigenvalue weighted by atomic mass is 32.2. The van der Waals surface area contributed by atoms with Crippen LogP contribution in [0.15, 0.2) is 17.0 Å². The fraction of sp³-hybridized carbons (Fsp3) is 0.417. The molecule has 1 aromatic heterocycles. The van der Waals surface area contributed by atoms with Gasteiger partial charge in [0.15, 0.2) is 0 Å². The Hall–Kier alpha value is -1.00. The van der Waals surface area contributed by atoms with E-state index in [1.807, 2.05) is 0 Å². The van der Waals surface area contributed by atoms with Crippen molar-refractivity contribution in [3.8, 4) is 0 Å². The maximum absolute atomic E-state index is 4.37. The summed E-state index contributed by atoms with van der Waals surface area (Å²) in [4.78, 5) is 1.23. The van der Waals surface area contributed by atoms with Crippen molar-refractivity contribution in [2.45, 2.75) is 25.7 Å². The molecule has 16 heavy (non-hydrogen) atoms. The number of aryl methyl sites for hydroxylation is 2. The summed E-state index contributed by atoms with van der Waals surface area (Å²) in [6.45, 7) is 7.36. The Morgan fingerprint density at radius 2 is 2.12 bits per heavy atom. The van der Waals surface area contributed by atoms with E-state index in [1.54, 1.807) is 11.9 Å². The molecule has 4 heteroatoms. The van der Waals surface area contributed by atoms with Crippen molar-refractivity contribution in [1.82, 2.24) is 14.5 Å². The molecule has 1 N–H and O–H groups in total. The molecule has 86 valence electrons. The van der Waals surface area contributed by atoms with Crippen molar-refractivity contribution in [3.63, 3.8) is 0 Å². The van der Waals surface area contributed by atoms with Gasteiger partial charge < -0.3 is 0 Å². The van der Waals surface area contributed by atoms with Crippen LogP contribution in [0.25, 0.3) is 10.9 Å². The van der Waals surface area contributed by atoms with Gasteiger partial charge in [0.05, 0.1) is 4.90 Å². The molecule has 0 saturated heterocycles. The number of rotatable bonds is 3. The standard InChI is InChI=1S/C12H17N3S/c1-5-15(4)16-11-7-8(2)6-10-9(3)13-14-12(10)11/h6-7H,5H2,1-4H3,(H,13,14). The van der Waals surface area contributed by atoms with Crippen molar-refractivity contribution in [2.24, 2.45) is 0 Å². The van der Waals surface area contributed by atoms with E-state index in [2.05, 4.69) is 54.5 Å². The summed E-state index contributed by atoms with van der Waals surface area (Å²) in [5.41, 5.74) is 3.50. The second kappa shape index (κ2) is 4.47. The van der Waals surface area contributed by atoms with Crippen LogP contribution in [0.5, 0.6) is 0 Å². The van der Waals surface area contributed by atoms with Crippen LogP contribution in [-0.2, 0) is 0 Å². The summed E-state index contributed by atoms with van der Waals surface area (Å²) in [5.74, 6) is 0. The van der Waals surface area contributed by atoms with Crippen LogP contribution < -0.4 is 0 Å². The Morgan fingerprint density at radius 1 is 1.38 bits per heavy atom. The van der Waals surface area contributed by atoms with Crippen molar-refractivity contribution in [3.05, 3.63) is 23.4 Å². The topological polar surface area (TPSA) is 31.9 Å². The van der Waals surface area contributed by atoms with E-state index >= 15 is 0 Å². The zero-order chi connectivity index (χ0) is 11.7. The minimum atomic E-state index is 1.02. The molecule has 2 rings (SSSR count). The smallest absolute Gasteiger partial charge is 0.107 e. The highest BCUT2D eigenvalue weighted by Crippen LogP contribution is 2.30. The Kier molecular flexibility index (Phi) is 3.21. The maximum atomic E-state index is 4.37. The fourth-order valence-corrected chi connectivity index (χ4v) is 2.59. The van der Waals surface area contributed by atoms with Gasteiger partial charge in [-0.25, -0.2) is 4.31 Å². The molecule has 0 atom stereocenters. The molecule has 0 bridgehead atoms. The predicted molar refractivity (Wildman–Crippen MR) is 69.7 cm³/mol. The molecule has 0 fully saturated rings. The zero-order valence-corrected chi connectivity index (χ0v) is 11.0. The molecule has 3 nitrogen and oxygen atoms in total. The number of nitrogens with zero attached hydrogens (tertiary/aromatic N) is 2. The van der Waals surface area contributed by atoms with Crippen LogP contribution in [0.4, 0.5) is 0 Å². The Bertz CT molecular complexity index is 504.